The van der Waals surface area contributed by atoms with Crippen LogP contribution >= 0.6 is 0 Å². The summed E-state index contributed by atoms with van der Waals surface area (Å²) in [7, 11) is 1.51. The van der Waals surface area contributed by atoms with Gasteiger partial charge in [0.1, 0.15) is 5.54 Å². The van der Waals surface area contributed by atoms with Crippen molar-refractivity contribution in [3.05, 3.63) is 0 Å². The van der Waals surface area contributed by atoms with Gasteiger partial charge in [-0.25, -0.2) is 0 Å². The molecule has 4 heteroatoms. The minimum Gasteiger partial charge on any atom is -0.468 e. The number of likely N-dealkylation sites (N-methyl/N-ethyl adjacent to an activating group) is 1. The molecule has 0 amide bonds. The Hall–Kier alpha value is -0.610. The van der Waals surface area contributed by atoms with E-state index >= 15 is 0 Å². The van der Waals surface area contributed by atoms with Crippen LogP contribution in [0.25, 0.3) is 0 Å². The fraction of sp³-hybridized carbons (Fsp3) is 0.941. The Labute approximate surface area is 129 Å². The van der Waals surface area contributed by atoms with E-state index in [1.807, 2.05) is 0 Å². The molecule has 1 aliphatic heterocycles. The molecule has 0 bridgehead atoms. The number of hydrogen-bond acceptors (Lipinski definition) is 4. The molecule has 0 aromatic carbocycles. The summed E-state index contributed by atoms with van der Waals surface area (Å²) in [4.78, 5) is 15.0. The summed E-state index contributed by atoms with van der Waals surface area (Å²) < 4.78 is 5.11. The number of nitrogens with zero attached hydrogens (tertiary/aromatic N) is 1. The second-order valence-corrected chi connectivity index (χ2v) is 7.08. The van der Waals surface area contributed by atoms with Crippen molar-refractivity contribution in [2.24, 2.45) is 5.92 Å². The van der Waals surface area contributed by atoms with Crippen molar-refractivity contribution >= 4 is 5.97 Å². The SMILES string of the molecule is CCNC1(C(=O)OC)CCCC(N2CC(C)CCC2C)C1. The highest BCUT2D eigenvalue weighted by Crippen LogP contribution is 2.35. The number of piperidine rings is 1. The van der Waals surface area contributed by atoms with E-state index in [1.165, 1.54) is 32.9 Å². The van der Waals surface area contributed by atoms with Crippen molar-refractivity contribution < 1.29 is 9.53 Å². The zero-order valence-corrected chi connectivity index (χ0v) is 14.2. The van der Waals surface area contributed by atoms with E-state index in [0.29, 0.717) is 12.1 Å². The molecule has 21 heavy (non-hydrogen) atoms. The van der Waals surface area contributed by atoms with Gasteiger partial charge in [0.15, 0.2) is 0 Å². The lowest BCUT2D eigenvalue weighted by molar-refractivity contribution is -0.151. The molecule has 0 aromatic rings. The highest BCUT2D eigenvalue weighted by molar-refractivity contribution is 5.81. The molecule has 0 radical (unpaired) electrons. The van der Waals surface area contributed by atoms with Gasteiger partial charge in [-0.15, -0.1) is 0 Å². The number of esters is 1. The lowest BCUT2D eigenvalue weighted by Gasteiger charge is -2.48. The van der Waals surface area contributed by atoms with Crippen molar-refractivity contribution in [2.45, 2.75) is 76.9 Å². The summed E-state index contributed by atoms with van der Waals surface area (Å²) in [6.45, 7) is 8.75. The van der Waals surface area contributed by atoms with Crippen molar-refractivity contribution in [3.8, 4) is 0 Å². The maximum absolute atomic E-state index is 12.3. The molecule has 4 unspecified atom stereocenters. The summed E-state index contributed by atoms with van der Waals surface area (Å²) >= 11 is 0. The molecule has 4 atom stereocenters. The summed E-state index contributed by atoms with van der Waals surface area (Å²) in [5.74, 6) is 0.696. The zero-order chi connectivity index (χ0) is 15.5. The van der Waals surface area contributed by atoms with Gasteiger partial charge < -0.3 is 10.1 Å². The first-order valence-corrected chi connectivity index (χ1v) is 8.61. The van der Waals surface area contributed by atoms with Crippen molar-refractivity contribution in [2.75, 3.05) is 20.2 Å². The molecule has 1 N–H and O–H groups in total. The van der Waals surface area contributed by atoms with Gasteiger partial charge in [0, 0.05) is 18.6 Å². The van der Waals surface area contributed by atoms with E-state index in [4.69, 9.17) is 4.74 Å². The van der Waals surface area contributed by atoms with Gasteiger partial charge in [0.25, 0.3) is 0 Å². The minimum atomic E-state index is -0.465. The molecule has 0 spiro atoms. The van der Waals surface area contributed by atoms with Crippen LogP contribution in [0.5, 0.6) is 0 Å². The van der Waals surface area contributed by atoms with Crippen molar-refractivity contribution in [1.82, 2.24) is 10.2 Å². The third kappa shape index (κ3) is 3.59. The Kier molecular flexibility index (Phi) is 5.67. The third-order valence-electron chi connectivity index (χ3n) is 5.45. The van der Waals surface area contributed by atoms with Crippen molar-refractivity contribution in [1.29, 1.82) is 0 Å². The largest absolute Gasteiger partial charge is 0.468 e. The number of hydrogen-bond donors (Lipinski definition) is 1. The predicted octanol–water partition coefficient (Wildman–Crippen LogP) is 2.57. The number of nitrogens with one attached hydrogen (secondary N) is 1. The first-order chi connectivity index (χ1) is 10.0. The van der Waals surface area contributed by atoms with Crippen LogP contribution in [-0.4, -0.2) is 48.7 Å². The number of ether oxygens (including phenoxy) is 1. The Morgan fingerprint density at radius 1 is 1.33 bits per heavy atom. The van der Waals surface area contributed by atoms with Crippen LogP contribution in [0.15, 0.2) is 0 Å². The number of carbonyl (C=O) groups is 1. The fourth-order valence-corrected chi connectivity index (χ4v) is 4.31. The average Bonchev–Trinajstić information content (AvgIpc) is 2.49. The summed E-state index contributed by atoms with van der Waals surface area (Å²) in [6, 6.07) is 1.15. The van der Waals surface area contributed by atoms with Crippen LogP contribution in [0.4, 0.5) is 0 Å². The average molecular weight is 296 g/mol. The van der Waals surface area contributed by atoms with Crippen LogP contribution < -0.4 is 5.32 Å². The van der Waals surface area contributed by atoms with E-state index in [2.05, 4.69) is 31.0 Å². The van der Waals surface area contributed by atoms with Gasteiger partial charge in [-0.1, -0.05) is 13.8 Å². The number of carbonyl (C=O) groups excluding carboxylic acids is 1. The van der Waals surface area contributed by atoms with Crippen LogP contribution in [0, 0.1) is 5.92 Å². The molecule has 1 aliphatic carbocycles. The fourth-order valence-electron chi connectivity index (χ4n) is 4.31. The van der Waals surface area contributed by atoms with E-state index in [1.54, 1.807) is 0 Å². The van der Waals surface area contributed by atoms with Gasteiger partial charge in [-0.2, -0.15) is 0 Å². The molecule has 1 heterocycles. The van der Waals surface area contributed by atoms with Gasteiger partial charge in [-0.3, -0.25) is 9.69 Å². The Morgan fingerprint density at radius 2 is 2.10 bits per heavy atom. The molecule has 0 aromatic heterocycles. The second kappa shape index (κ2) is 7.10. The monoisotopic (exact) mass is 296 g/mol. The molecule has 1 saturated heterocycles. The lowest BCUT2D eigenvalue weighted by atomic mass is 9.77. The Bertz CT molecular complexity index is 357. The topological polar surface area (TPSA) is 41.6 Å². The van der Waals surface area contributed by atoms with E-state index < -0.39 is 5.54 Å². The van der Waals surface area contributed by atoms with Crippen LogP contribution in [0.3, 0.4) is 0 Å². The Morgan fingerprint density at radius 3 is 2.76 bits per heavy atom. The summed E-state index contributed by atoms with van der Waals surface area (Å²) in [5, 5.41) is 3.44. The normalized spacial score (nSPS) is 38.2. The molecule has 122 valence electrons. The number of rotatable bonds is 4. The predicted molar refractivity (Wildman–Crippen MR) is 85.2 cm³/mol. The molecule has 2 fully saturated rings. The lowest BCUT2D eigenvalue weighted by Crippen LogP contribution is -2.60. The van der Waals surface area contributed by atoms with E-state index in [-0.39, 0.29) is 5.97 Å². The zero-order valence-electron chi connectivity index (χ0n) is 14.2. The maximum Gasteiger partial charge on any atom is 0.326 e. The smallest absolute Gasteiger partial charge is 0.326 e. The minimum absolute atomic E-state index is 0.0771. The summed E-state index contributed by atoms with van der Waals surface area (Å²) in [6.07, 6.45) is 6.72. The highest BCUT2D eigenvalue weighted by Gasteiger charge is 2.45. The molecule has 4 nitrogen and oxygen atoms in total. The number of methoxy groups -OCH3 is 1. The number of likely N-dealkylation sites (tertiary alicyclic amines) is 1. The first kappa shape index (κ1) is 16.8. The van der Waals surface area contributed by atoms with Crippen molar-refractivity contribution in [3.63, 3.8) is 0 Å². The quantitative estimate of drug-likeness (QED) is 0.810. The first-order valence-electron chi connectivity index (χ1n) is 8.61. The van der Waals surface area contributed by atoms with Gasteiger partial charge in [0.05, 0.1) is 7.11 Å². The highest BCUT2D eigenvalue weighted by atomic mass is 16.5. The van der Waals surface area contributed by atoms with Gasteiger partial charge >= 0.3 is 5.97 Å². The second-order valence-electron chi connectivity index (χ2n) is 7.08. The van der Waals surface area contributed by atoms with E-state index in [0.717, 1.165) is 31.7 Å². The van der Waals surface area contributed by atoms with Crippen LogP contribution in [0.2, 0.25) is 0 Å². The van der Waals surface area contributed by atoms with Crippen LogP contribution in [0.1, 0.15) is 59.3 Å². The van der Waals surface area contributed by atoms with Gasteiger partial charge in [-0.05, 0) is 57.9 Å². The molecular formula is C17H32N2O2. The third-order valence-corrected chi connectivity index (χ3v) is 5.45. The molecule has 1 saturated carbocycles. The van der Waals surface area contributed by atoms with Gasteiger partial charge in [0.2, 0.25) is 0 Å². The molecular weight excluding hydrogens is 264 g/mol. The maximum atomic E-state index is 12.3. The summed E-state index contributed by atoms with van der Waals surface area (Å²) in [5.41, 5.74) is -0.465. The van der Waals surface area contributed by atoms with Crippen LogP contribution in [-0.2, 0) is 9.53 Å². The molecule has 2 rings (SSSR count). The molecule has 2 aliphatic rings. The van der Waals surface area contributed by atoms with E-state index in [9.17, 15) is 4.79 Å². The standard InChI is InChI=1S/C17H32N2O2/c1-5-18-17(16(20)21-4)10-6-7-15(11-17)19-12-13(2)8-9-14(19)3/h13-15,18H,5-12H2,1-4H3. The Balaban J connectivity index is 2.12.